The summed E-state index contributed by atoms with van der Waals surface area (Å²) in [6.45, 7) is 5.97. The second-order valence-electron chi connectivity index (χ2n) is 5.10. The molecule has 2 heterocycles. The maximum absolute atomic E-state index is 4.39. The largest absolute Gasteiger partial charge is 0.270 e. The molecule has 6 heteroatoms. The van der Waals surface area contributed by atoms with Gasteiger partial charge in [0, 0.05) is 33.9 Å². The highest BCUT2D eigenvalue weighted by Gasteiger charge is 2.16. The molecule has 0 N–H and O–H groups in total. The van der Waals surface area contributed by atoms with Crippen LogP contribution < -0.4 is 0 Å². The molecule has 0 saturated heterocycles. The van der Waals surface area contributed by atoms with Crippen LogP contribution in [0.4, 0.5) is 0 Å². The monoisotopic (exact) mass is 386 g/mol. The Balaban J connectivity index is 2.10. The number of aromatic nitrogens is 4. The maximum atomic E-state index is 4.39. The minimum atomic E-state index is 0.805. The molecule has 0 aliphatic carbocycles. The highest BCUT2D eigenvalue weighted by Crippen LogP contribution is 2.29. The maximum Gasteiger partial charge on any atom is 0.196 e. The van der Waals surface area contributed by atoms with E-state index in [1.165, 1.54) is 0 Å². The first kappa shape index (κ1) is 16.0. The number of pyridine rings is 1. The lowest BCUT2D eigenvalue weighted by Gasteiger charge is -2.10. The van der Waals surface area contributed by atoms with Crippen LogP contribution in [0.2, 0.25) is 0 Å². The van der Waals surface area contributed by atoms with E-state index in [4.69, 9.17) is 0 Å². The first-order valence-electron chi connectivity index (χ1n) is 7.04. The van der Waals surface area contributed by atoms with E-state index in [0.717, 1.165) is 38.0 Å². The van der Waals surface area contributed by atoms with Gasteiger partial charge in [-0.3, -0.25) is 9.55 Å². The fraction of sp³-hybridized carbons (Fsp3) is 0.118. The standard InChI is InChI=1S/C17H15BrN4S/c1-12(2)11-23-17-21-20-16(13-7-9-19-10-8-13)22(17)15-5-3-14(18)4-6-15/h3-10H,1,11H2,2H3. The van der Waals surface area contributed by atoms with Crippen LogP contribution >= 0.6 is 27.7 Å². The molecular weight excluding hydrogens is 372 g/mol. The molecule has 0 radical (unpaired) electrons. The van der Waals surface area contributed by atoms with Gasteiger partial charge < -0.3 is 0 Å². The van der Waals surface area contributed by atoms with E-state index >= 15 is 0 Å². The van der Waals surface area contributed by atoms with Gasteiger partial charge in [0.15, 0.2) is 11.0 Å². The molecule has 23 heavy (non-hydrogen) atoms. The number of rotatable bonds is 5. The summed E-state index contributed by atoms with van der Waals surface area (Å²) in [5.74, 6) is 1.62. The van der Waals surface area contributed by atoms with E-state index in [1.54, 1.807) is 24.2 Å². The summed E-state index contributed by atoms with van der Waals surface area (Å²) >= 11 is 5.11. The molecule has 0 amide bonds. The molecule has 0 aliphatic heterocycles. The minimum Gasteiger partial charge on any atom is -0.270 e. The lowest BCUT2D eigenvalue weighted by molar-refractivity contribution is 0.887. The van der Waals surface area contributed by atoms with Gasteiger partial charge in [0.2, 0.25) is 0 Å². The fourth-order valence-corrected chi connectivity index (χ4v) is 3.12. The first-order chi connectivity index (χ1) is 11.1. The van der Waals surface area contributed by atoms with Crippen molar-refractivity contribution in [1.29, 1.82) is 0 Å². The Kier molecular flexibility index (Phi) is 4.93. The van der Waals surface area contributed by atoms with E-state index in [1.807, 2.05) is 43.3 Å². The molecule has 0 unspecified atom stereocenters. The highest BCUT2D eigenvalue weighted by atomic mass is 79.9. The van der Waals surface area contributed by atoms with Gasteiger partial charge in [-0.05, 0) is 43.3 Å². The second kappa shape index (κ2) is 7.10. The molecule has 1 aromatic carbocycles. The third-order valence-electron chi connectivity index (χ3n) is 3.10. The molecule has 0 fully saturated rings. The molecule has 3 aromatic rings. The van der Waals surface area contributed by atoms with Crippen molar-refractivity contribution in [2.75, 3.05) is 5.75 Å². The Morgan fingerprint density at radius 2 is 1.83 bits per heavy atom. The van der Waals surface area contributed by atoms with Gasteiger partial charge in [0.1, 0.15) is 0 Å². The molecule has 2 aromatic heterocycles. The summed E-state index contributed by atoms with van der Waals surface area (Å²) in [6, 6.07) is 12.0. The van der Waals surface area contributed by atoms with E-state index < -0.39 is 0 Å². The van der Waals surface area contributed by atoms with Crippen molar-refractivity contribution in [3.05, 3.63) is 65.4 Å². The van der Waals surface area contributed by atoms with Gasteiger partial charge in [-0.25, -0.2) is 0 Å². The third-order valence-corrected chi connectivity index (χ3v) is 4.79. The van der Waals surface area contributed by atoms with Crippen molar-refractivity contribution in [3.63, 3.8) is 0 Å². The van der Waals surface area contributed by atoms with Crippen LogP contribution in [-0.4, -0.2) is 25.5 Å². The van der Waals surface area contributed by atoms with Crippen molar-refractivity contribution in [2.45, 2.75) is 12.1 Å². The summed E-state index contributed by atoms with van der Waals surface area (Å²) in [4.78, 5) is 4.07. The lowest BCUT2D eigenvalue weighted by atomic mass is 10.2. The molecule has 116 valence electrons. The molecule has 3 rings (SSSR count). The molecule has 0 atom stereocenters. The fourth-order valence-electron chi connectivity index (χ4n) is 2.06. The van der Waals surface area contributed by atoms with Crippen LogP contribution in [0.3, 0.4) is 0 Å². The second-order valence-corrected chi connectivity index (χ2v) is 6.96. The highest BCUT2D eigenvalue weighted by molar-refractivity contribution is 9.10. The topological polar surface area (TPSA) is 43.6 Å². The van der Waals surface area contributed by atoms with Crippen LogP contribution in [0.5, 0.6) is 0 Å². The molecule has 0 aliphatic rings. The van der Waals surface area contributed by atoms with E-state index in [0.29, 0.717) is 0 Å². The summed E-state index contributed by atoms with van der Waals surface area (Å²) < 4.78 is 3.10. The van der Waals surface area contributed by atoms with E-state index in [2.05, 4.69) is 42.3 Å². The zero-order valence-corrected chi connectivity index (χ0v) is 15.0. The molecule has 0 bridgehead atoms. The first-order valence-corrected chi connectivity index (χ1v) is 8.82. The van der Waals surface area contributed by atoms with Gasteiger partial charge in [0.25, 0.3) is 0 Å². The quantitative estimate of drug-likeness (QED) is 0.468. The summed E-state index contributed by atoms with van der Waals surface area (Å²) in [7, 11) is 0. The molecule has 4 nitrogen and oxygen atoms in total. The zero-order valence-electron chi connectivity index (χ0n) is 12.6. The number of halogens is 1. The summed E-state index contributed by atoms with van der Waals surface area (Å²) in [5.41, 5.74) is 3.11. The van der Waals surface area contributed by atoms with E-state index in [9.17, 15) is 0 Å². The summed E-state index contributed by atoms with van der Waals surface area (Å²) in [6.07, 6.45) is 3.52. The van der Waals surface area contributed by atoms with Gasteiger partial charge in [-0.2, -0.15) is 0 Å². The lowest BCUT2D eigenvalue weighted by Crippen LogP contribution is -2.00. The van der Waals surface area contributed by atoms with Crippen molar-refractivity contribution >= 4 is 27.7 Å². The van der Waals surface area contributed by atoms with E-state index in [-0.39, 0.29) is 0 Å². The van der Waals surface area contributed by atoms with Gasteiger partial charge in [-0.1, -0.05) is 39.8 Å². The van der Waals surface area contributed by atoms with Gasteiger partial charge in [-0.15, -0.1) is 10.2 Å². The summed E-state index contributed by atoms with van der Waals surface area (Å²) in [5, 5.41) is 9.60. The van der Waals surface area contributed by atoms with Gasteiger partial charge >= 0.3 is 0 Å². The van der Waals surface area contributed by atoms with Crippen LogP contribution in [0.15, 0.2) is 70.6 Å². The normalized spacial score (nSPS) is 10.7. The Hall–Kier alpha value is -1.92. The Morgan fingerprint density at radius 3 is 2.48 bits per heavy atom. The average Bonchev–Trinajstić information content (AvgIpc) is 2.98. The number of benzene rings is 1. The minimum absolute atomic E-state index is 0.805. The van der Waals surface area contributed by atoms with Crippen molar-refractivity contribution in [2.24, 2.45) is 0 Å². The Morgan fingerprint density at radius 1 is 1.13 bits per heavy atom. The Bertz CT molecular complexity index is 812. The zero-order chi connectivity index (χ0) is 16.2. The average molecular weight is 387 g/mol. The van der Waals surface area contributed by atoms with Crippen molar-refractivity contribution in [3.8, 4) is 17.1 Å². The predicted octanol–water partition coefficient (Wildman–Crippen LogP) is 4.76. The van der Waals surface area contributed by atoms with Crippen LogP contribution in [0, 0.1) is 0 Å². The van der Waals surface area contributed by atoms with Crippen LogP contribution in [-0.2, 0) is 0 Å². The SMILES string of the molecule is C=C(C)CSc1nnc(-c2ccncc2)n1-c1ccc(Br)cc1. The molecular formula is C17H15BrN4S. The smallest absolute Gasteiger partial charge is 0.196 e. The Labute approximate surface area is 147 Å². The van der Waals surface area contributed by atoms with Crippen molar-refractivity contribution < 1.29 is 0 Å². The number of nitrogens with zero attached hydrogens (tertiary/aromatic N) is 4. The van der Waals surface area contributed by atoms with Crippen molar-refractivity contribution in [1.82, 2.24) is 19.7 Å². The predicted molar refractivity (Wildman–Crippen MR) is 97.8 cm³/mol. The third kappa shape index (κ3) is 3.71. The molecule has 0 spiro atoms. The number of thioether (sulfide) groups is 1. The molecule has 0 saturated carbocycles. The van der Waals surface area contributed by atoms with Gasteiger partial charge in [0.05, 0.1) is 0 Å². The van der Waals surface area contributed by atoms with Crippen LogP contribution in [0.1, 0.15) is 6.92 Å². The van der Waals surface area contributed by atoms with Crippen LogP contribution in [0.25, 0.3) is 17.1 Å². The number of hydrogen-bond acceptors (Lipinski definition) is 4. The number of hydrogen-bond donors (Lipinski definition) is 0.